The van der Waals surface area contributed by atoms with Crippen LogP contribution >= 0.6 is 24.0 Å². The Balaban J connectivity index is 0.00000320. The largest absolute Gasteiger partial charge is 0.487 e. The van der Waals surface area contributed by atoms with Crippen LogP contribution in [0.1, 0.15) is 70.9 Å². The minimum Gasteiger partial charge on any atom is -0.487 e. The van der Waals surface area contributed by atoms with Gasteiger partial charge in [0.05, 0.1) is 12.6 Å². The van der Waals surface area contributed by atoms with Gasteiger partial charge in [0, 0.05) is 38.0 Å². The highest BCUT2D eigenvalue weighted by Crippen LogP contribution is 2.46. The predicted octanol–water partition coefficient (Wildman–Crippen LogP) is 4.25. The Morgan fingerprint density at radius 3 is 2.57 bits per heavy atom. The number of aliphatic imine (C=N–C) groups is 1. The number of para-hydroxylation sites is 1. The van der Waals surface area contributed by atoms with E-state index in [9.17, 15) is 4.79 Å². The SMILES string of the molecule is CCNC(=NCCC(=O)N(CC)CC)NC1CC2(CCCC2)Oc2ccccc21.I. The Morgan fingerprint density at radius 1 is 1.20 bits per heavy atom. The normalized spacial score (nSPS) is 19.4. The summed E-state index contributed by atoms with van der Waals surface area (Å²) in [4.78, 5) is 18.8. The Labute approximate surface area is 198 Å². The van der Waals surface area contributed by atoms with Gasteiger partial charge in [-0.1, -0.05) is 18.2 Å². The van der Waals surface area contributed by atoms with Crippen LogP contribution in [-0.2, 0) is 4.79 Å². The van der Waals surface area contributed by atoms with E-state index in [0.717, 1.165) is 50.6 Å². The molecule has 1 fully saturated rings. The van der Waals surface area contributed by atoms with Crippen molar-refractivity contribution < 1.29 is 9.53 Å². The standard InChI is InChI=1S/C23H36N4O2.HI/c1-4-24-22(25-16-13-21(28)27(5-2)6-3)26-19-17-23(14-9-10-15-23)29-20-12-8-7-11-18(19)20;/h7-8,11-12,19H,4-6,9-10,13-17H2,1-3H3,(H2,24,25,26);1H. The van der Waals surface area contributed by atoms with Gasteiger partial charge in [0.2, 0.25) is 5.91 Å². The average Bonchev–Trinajstić information content (AvgIpc) is 3.16. The van der Waals surface area contributed by atoms with Crippen molar-refractivity contribution in [2.24, 2.45) is 4.99 Å². The monoisotopic (exact) mass is 528 g/mol. The molecule has 0 saturated heterocycles. The highest BCUT2D eigenvalue weighted by atomic mass is 127. The topological polar surface area (TPSA) is 66.0 Å². The van der Waals surface area contributed by atoms with Gasteiger partial charge in [-0.2, -0.15) is 0 Å². The van der Waals surface area contributed by atoms with E-state index in [1.54, 1.807) is 0 Å². The third kappa shape index (κ3) is 6.02. The summed E-state index contributed by atoms with van der Waals surface area (Å²) in [7, 11) is 0. The lowest BCUT2D eigenvalue weighted by atomic mass is 9.86. The third-order valence-electron chi connectivity index (χ3n) is 6.08. The van der Waals surface area contributed by atoms with Gasteiger partial charge in [-0.15, -0.1) is 24.0 Å². The minimum absolute atomic E-state index is 0. The second-order valence-corrected chi connectivity index (χ2v) is 8.01. The number of ether oxygens (including phenoxy) is 1. The number of hydrogen-bond acceptors (Lipinski definition) is 3. The van der Waals surface area contributed by atoms with E-state index >= 15 is 0 Å². The number of hydrogen-bond donors (Lipinski definition) is 2. The molecule has 0 radical (unpaired) electrons. The van der Waals surface area contributed by atoms with Crippen molar-refractivity contribution in [1.82, 2.24) is 15.5 Å². The molecular formula is C23H37IN4O2. The second-order valence-electron chi connectivity index (χ2n) is 8.01. The summed E-state index contributed by atoms with van der Waals surface area (Å²) in [5, 5.41) is 6.97. The van der Waals surface area contributed by atoms with E-state index < -0.39 is 0 Å². The maximum absolute atomic E-state index is 12.3. The molecule has 1 atom stereocenters. The molecule has 30 heavy (non-hydrogen) atoms. The van der Waals surface area contributed by atoms with Crippen LogP contribution in [-0.4, -0.2) is 48.5 Å². The zero-order valence-electron chi connectivity index (χ0n) is 18.6. The number of carbonyl (C=O) groups excluding carboxylic acids is 1. The fourth-order valence-electron chi connectivity index (χ4n) is 4.56. The first-order chi connectivity index (χ1) is 14.1. The predicted molar refractivity (Wildman–Crippen MR) is 133 cm³/mol. The molecule has 0 bridgehead atoms. The van der Waals surface area contributed by atoms with Gasteiger partial charge in [-0.3, -0.25) is 9.79 Å². The van der Waals surface area contributed by atoms with Gasteiger partial charge in [-0.25, -0.2) is 0 Å². The molecule has 0 aromatic heterocycles. The third-order valence-corrected chi connectivity index (χ3v) is 6.08. The van der Waals surface area contributed by atoms with E-state index in [1.165, 1.54) is 18.4 Å². The lowest BCUT2D eigenvalue weighted by Crippen LogP contribution is -2.46. The van der Waals surface area contributed by atoms with Crippen LogP contribution < -0.4 is 15.4 Å². The zero-order chi connectivity index (χ0) is 20.7. The van der Waals surface area contributed by atoms with Crippen LogP contribution in [0.5, 0.6) is 5.75 Å². The Kier molecular flexibility index (Phi) is 9.71. The minimum atomic E-state index is -0.0535. The number of amides is 1. The molecule has 1 aromatic rings. The van der Waals surface area contributed by atoms with Crippen molar-refractivity contribution in [3.8, 4) is 5.75 Å². The molecule has 1 saturated carbocycles. The molecule has 1 spiro atoms. The van der Waals surface area contributed by atoms with Crippen LogP contribution in [0.4, 0.5) is 0 Å². The highest BCUT2D eigenvalue weighted by Gasteiger charge is 2.43. The molecule has 1 amide bonds. The maximum Gasteiger partial charge on any atom is 0.224 e. The Bertz CT molecular complexity index is 715. The van der Waals surface area contributed by atoms with Gasteiger partial charge in [-0.05, 0) is 52.5 Å². The number of nitrogens with one attached hydrogen (secondary N) is 2. The molecule has 7 heteroatoms. The van der Waals surface area contributed by atoms with Gasteiger partial charge >= 0.3 is 0 Å². The Hall–Kier alpha value is -1.51. The van der Waals surface area contributed by atoms with Crippen molar-refractivity contribution in [2.75, 3.05) is 26.2 Å². The highest BCUT2D eigenvalue weighted by molar-refractivity contribution is 14.0. The van der Waals surface area contributed by atoms with Gasteiger partial charge in [0.25, 0.3) is 0 Å². The maximum atomic E-state index is 12.3. The summed E-state index contributed by atoms with van der Waals surface area (Å²) in [5.41, 5.74) is 1.14. The Morgan fingerprint density at radius 2 is 1.90 bits per heavy atom. The number of carbonyl (C=O) groups is 1. The molecule has 2 aliphatic rings. The number of fused-ring (bicyclic) bond motifs is 1. The molecule has 6 nitrogen and oxygen atoms in total. The fraction of sp³-hybridized carbons (Fsp3) is 0.652. The number of rotatable bonds is 7. The van der Waals surface area contributed by atoms with E-state index in [1.807, 2.05) is 24.8 Å². The van der Waals surface area contributed by atoms with Crippen molar-refractivity contribution in [2.45, 2.75) is 70.9 Å². The van der Waals surface area contributed by atoms with Crippen molar-refractivity contribution in [3.05, 3.63) is 29.8 Å². The molecule has 1 heterocycles. The number of guanidine groups is 1. The molecular weight excluding hydrogens is 491 g/mol. The first-order valence-electron chi connectivity index (χ1n) is 11.2. The number of benzene rings is 1. The molecule has 1 unspecified atom stereocenters. The average molecular weight is 528 g/mol. The lowest BCUT2D eigenvalue weighted by molar-refractivity contribution is -0.130. The van der Waals surface area contributed by atoms with Crippen LogP contribution in [0.15, 0.2) is 29.3 Å². The van der Waals surface area contributed by atoms with Crippen LogP contribution in [0.2, 0.25) is 0 Å². The van der Waals surface area contributed by atoms with Crippen molar-refractivity contribution >= 4 is 35.8 Å². The van der Waals surface area contributed by atoms with E-state index in [4.69, 9.17) is 9.73 Å². The van der Waals surface area contributed by atoms with E-state index in [0.29, 0.717) is 13.0 Å². The van der Waals surface area contributed by atoms with Crippen LogP contribution in [0.3, 0.4) is 0 Å². The van der Waals surface area contributed by atoms with E-state index in [-0.39, 0.29) is 41.5 Å². The number of nitrogens with zero attached hydrogens (tertiary/aromatic N) is 2. The molecule has 2 N–H and O–H groups in total. The lowest BCUT2D eigenvalue weighted by Gasteiger charge is -2.40. The van der Waals surface area contributed by atoms with Crippen LogP contribution in [0.25, 0.3) is 0 Å². The summed E-state index contributed by atoms with van der Waals surface area (Å²) in [5.74, 6) is 1.93. The smallest absolute Gasteiger partial charge is 0.224 e. The van der Waals surface area contributed by atoms with E-state index in [2.05, 4.69) is 35.8 Å². The molecule has 1 aliphatic carbocycles. The van der Waals surface area contributed by atoms with Crippen molar-refractivity contribution in [1.29, 1.82) is 0 Å². The molecule has 3 rings (SSSR count). The summed E-state index contributed by atoms with van der Waals surface area (Å²) in [6.07, 6.45) is 6.09. The van der Waals surface area contributed by atoms with Gasteiger partial charge < -0.3 is 20.3 Å². The van der Waals surface area contributed by atoms with Crippen LogP contribution in [0, 0.1) is 0 Å². The second kappa shape index (κ2) is 11.8. The first kappa shape index (κ1) is 24.8. The zero-order valence-corrected chi connectivity index (χ0v) is 20.9. The summed E-state index contributed by atoms with van der Waals surface area (Å²) < 4.78 is 6.47. The van der Waals surface area contributed by atoms with Crippen molar-refractivity contribution in [3.63, 3.8) is 0 Å². The summed E-state index contributed by atoms with van der Waals surface area (Å²) in [6, 6.07) is 8.49. The van der Waals surface area contributed by atoms with Gasteiger partial charge in [0.15, 0.2) is 5.96 Å². The molecule has 1 aliphatic heterocycles. The molecule has 1 aromatic carbocycles. The number of halogens is 1. The first-order valence-corrected chi connectivity index (χ1v) is 11.2. The molecule has 168 valence electrons. The summed E-state index contributed by atoms with van der Waals surface area (Å²) in [6.45, 7) is 8.85. The fourth-order valence-corrected chi connectivity index (χ4v) is 4.56. The quantitative estimate of drug-likeness (QED) is 0.316. The summed E-state index contributed by atoms with van der Waals surface area (Å²) >= 11 is 0. The van der Waals surface area contributed by atoms with Gasteiger partial charge in [0.1, 0.15) is 11.4 Å².